The Morgan fingerprint density at radius 3 is 2.81 bits per heavy atom. The maximum atomic E-state index is 12.7. The Balaban J connectivity index is 2.19. The van der Waals surface area contributed by atoms with Crippen molar-refractivity contribution in [3.63, 3.8) is 0 Å². The fourth-order valence-electron chi connectivity index (χ4n) is 3.06. The molecule has 0 saturated heterocycles. The van der Waals surface area contributed by atoms with Crippen molar-refractivity contribution < 1.29 is 4.79 Å². The molecule has 4 nitrogen and oxygen atoms in total. The summed E-state index contributed by atoms with van der Waals surface area (Å²) in [7, 11) is 0. The zero-order valence-corrected chi connectivity index (χ0v) is 15.6. The highest BCUT2D eigenvalue weighted by Crippen LogP contribution is 2.34. The molecule has 21 heavy (non-hydrogen) atoms. The minimum Gasteiger partial charge on any atom is -0.345 e. The van der Waals surface area contributed by atoms with Gasteiger partial charge in [-0.2, -0.15) is 0 Å². The van der Waals surface area contributed by atoms with E-state index in [1.54, 1.807) is 0 Å². The lowest BCUT2D eigenvalue weighted by Gasteiger charge is -2.39. The number of aromatic nitrogens is 2. The van der Waals surface area contributed by atoms with E-state index in [1.165, 1.54) is 24.4 Å². The average Bonchev–Trinajstić information content (AvgIpc) is 2.88. The molecule has 1 aliphatic carbocycles. The van der Waals surface area contributed by atoms with Crippen LogP contribution in [0.2, 0.25) is 0 Å². The van der Waals surface area contributed by atoms with Crippen LogP contribution in [-0.4, -0.2) is 26.4 Å². The van der Waals surface area contributed by atoms with Gasteiger partial charge in [0.1, 0.15) is 4.88 Å². The van der Waals surface area contributed by atoms with Crippen LogP contribution in [0.25, 0.3) is 0 Å². The molecular weight excluding hydrogens is 350 g/mol. The van der Waals surface area contributed by atoms with Gasteiger partial charge < -0.3 is 5.32 Å². The molecule has 0 radical (unpaired) electrons. The molecule has 6 heteroatoms. The third-order valence-electron chi connectivity index (χ3n) is 4.13. The Kier molecular flexibility index (Phi) is 5.08. The normalized spacial score (nSPS) is 26.6. The second-order valence-corrected chi connectivity index (χ2v) is 8.59. The van der Waals surface area contributed by atoms with Crippen LogP contribution in [0.5, 0.6) is 0 Å². The third kappa shape index (κ3) is 3.83. The van der Waals surface area contributed by atoms with Crippen molar-refractivity contribution in [2.24, 2.45) is 5.92 Å². The molecule has 0 spiro atoms. The minimum atomic E-state index is -0.166. The number of halogens is 1. The van der Waals surface area contributed by atoms with E-state index in [1.807, 2.05) is 0 Å². The second-order valence-electron chi connectivity index (χ2n) is 7.27. The first-order valence-corrected chi connectivity index (χ1v) is 9.38. The van der Waals surface area contributed by atoms with E-state index in [4.69, 9.17) is 0 Å². The van der Waals surface area contributed by atoms with Gasteiger partial charge in [-0.3, -0.25) is 4.79 Å². The largest absolute Gasteiger partial charge is 0.345 e. The van der Waals surface area contributed by atoms with Crippen molar-refractivity contribution in [3.8, 4) is 0 Å². The van der Waals surface area contributed by atoms with Gasteiger partial charge in [0.25, 0.3) is 5.91 Å². The predicted octanol–water partition coefficient (Wildman–Crippen LogP) is 3.91. The molecule has 1 aromatic rings. The molecule has 1 saturated carbocycles. The molecule has 1 amide bonds. The van der Waals surface area contributed by atoms with Crippen LogP contribution < -0.4 is 5.32 Å². The van der Waals surface area contributed by atoms with Gasteiger partial charge in [-0.15, -0.1) is 5.10 Å². The van der Waals surface area contributed by atoms with E-state index in [-0.39, 0.29) is 16.9 Å². The van der Waals surface area contributed by atoms with E-state index in [9.17, 15) is 4.79 Å². The number of amides is 1. The highest BCUT2D eigenvalue weighted by atomic mass is 79.9. The number of hydrogen-bond acceptors (Lipinski definition) is 4. The van der Waals surface area contributed by atoms with E-state index in [0.29, 0.717) is 10.8 Å². The first-order chi connectivity index (χ1) is 9.77. The van der Waals surface area contributed by atoms with Crippen molar-refractivity contribution in [1.29, 1.82) is 0 Å². The fourth-order valence-corrected chi connectivity index (χ4v) is 4.48. The third-order valence-corrected chi connectivity index (χ3v) is 5.93. The van der Waals surface area contributed by atoms with Crippen LogP contribution in [0.3, 0.4) is 0 Å². The monoisotopic (exact) mass is 373 g/mol. The van der Waals surface area contributed by atoms with Gasteiger partial charge in [-0.1, -0.05) is 61.0 Å². The summed E-state index contributed by atoms with van der Waals surface area (Å²) in [6, 6.07) is 0. The highest BCUT2D eigenvalue weighted by Gasteiger charge is 2.37. The number of nitrogens with one attached hydrogen (secondary N) is 1. The Morgan fingerprint density at radius 2 is 2.24 bits per heavy atom. The smallest absolute Gasteiger partial charge is 0.265 e. The molecule has 0 aliphatic heterocycles. The van der Waals surface area contributed by atoms with Crippen LogP contribution >= 0.6 is 27.5 Å². The number of carbonyl (C=O) groups is 1. The molecule has 0 bridgehead atoms. The van der Waals surface area contributed by atoms with Crippen molar-refractivity contribution in [3.05, 3.63) is 10.6 Å². The van der Waals surface area contributed by atoms with Crippen LogP contribution in [0.4, 0.5) is 0 Å². The molecule has 2 atom stereocenters. The standard InChI is InChI=1S/C15H24BrN3OS/c1-10-6-5-7-15(8-10,9-16)17-13(20)11-12(14(2,3)4)18-19-21-11/h10H,5-9H2,1-4H3,(H,17,20). The molecule has 1 heterocycles. The van der Waals surface area contributed by atoms with Gasteiger partial charge in [0, 0.05) is 10.7 Å². The summed E-state index contributed by atoms with van der Waals surface area (Å²) in [6.45, 7) is 8.44. The zero-order chi connectivity index (χ0) is 15.7. The van der Waals surface area contributed by atoms with E-state index in [2.05, 4.69) is 58.5 Å². The number of alkyl halides is 1. The highest BCUT2D eigenvalue weighted by molar-refractivity contribution is 9.09. The summed E-state index contributed by atoms with van der Waals surface area (Å²) in [5.74, 6) is 0.627. The van der Waals surface area contributed by atoms with E-state index < -0.39 is 0 Å². The molecule has 118 valence electrons. The van der Waals surface area contributed by atoms with Gasteiger partial charge in [0.15, 0.2) is 0 Å². The summed E-state index contributed by atoms with van der Waals surface area (Å²) in [5.41, 5.74) is 0.494. The van der Waals surface area contributed by atoms with Crippen molar-refractivity contribution in [1.82, 2.24) is 14.9 Å². The summed E-state index contributed by atoms with van der Waals surface area (Å²) in [6.07, 6.45) is 4.48. The summed E-state index contributed by atoms with van der Waals surface area (Å²) in [5, 5.41) is 8.23. The minimum absolute atomic E-state index is 0.0246. The lowest BCUT2D eigenvalue weighted by atomic mass is 9.77. The first kappa shape index (κ1) is 16.9. The van der Waals surface area contributed by atoms with Crippen LogP contribution in [0.1, 0.15) is 68.7 Å². The van der Waals surface area contributed by atoms with Gasteiger partial charge in [0.2, 0.25) is 0 Å². The molecular formula is C15H24BrN3OS. The Morgan fingerprint density at radius 1 is 1.52 bits per heavy atom. The van der Waals surface area contributed by atoms with Crippen molar-refractivity contribution in [2.75, 3.05) is 5.33 Å². The van der Waals surface area contributed by atoms with Gasteiger partial charge in [0.05, 0.1) is 11.2 Å². The lowest BCUT2D eigenvalue weighted by Crippen LogP contribution is -2.52. The Labute approximate surface area is 139 Å². The SMILES string of the molecule is CC1CCCC(CBr)(NC(=O)c2snnc2C(C)(C)C)C1. The van der Waals surface area contributed by atoms with E-state index in [0.717, 1.165) is 23.9 Å². The Bertz CT molecular complexity index is 511. The molecule has 0 aromatic carbocycles. The molecule has 2 rings (SSSR count). The van der Waals surface area contributed by atoms with Gasteiger partial charge in [-0.25, -0.2) is 0 Å². The quantitative estimate of drug-likeness (QED) is 0.817. The zero-order valence-electron chi connectivity index (χ0n) is 13.2. The number of carbonyl (C=O) groups excluding carboxylic acids is 1. The fraction of sp³-hybridized carbons (Fsp3) is 0.800. The summed E-state index contributed by atoms with van der Waals surface area (Å²) >= 11 is 4.80. The van der Waals surface area contributed by atoms with Crippen molar-refractivity contribution in [2.45, 2.75) is 64.3 Å². The number of rotatable bonds is 3. The second kappa shape index (κ2) is 6.32. The maximum Gasteiger partial charge on any atom is 0.265 e. The molecule has 2 unspecified atom stereocenters. The lowest BCUT2D eigenvalue weighted by molar-refractivity contribution is 0.0871. The Hall–Kier alpha value is -0.490. The molecule has 1 fully saturated rings. The summed E-state index contributed by atoms with van der Waals surface area (Å²) in [4.78, 5) is 13.4. The molecule has 1 aromatic heterocycles. The topological polar surface area (TPSA) is 54.9 Å². The van der Waals surface area contributed by atoms with Gasteiger partial charge in [-0.05, 0) is 30.3 Å². The summed E-state index contributed by atoms with van der Waals surface area (Å²) < 4.78 is 3.99. The van der Waals surface area contributed by atoms with Crippen LogP contribution in [-0.2, 0) is 5.41 Å². The number of nitrogens with zero attached hydrogens (tertiary/aromatic N) is 2. The average molecular weight is 374 g/mol. The molecule has 1 aliphatic rings. The predicted molar refractivity (Wildman–Crippen MR) is 90.2 cm³/mol. The van der Waals surface area contributed by atoms with Crippen molar-refractivity contribution >= 4 is 33.4 Å². The number of hydrogen-bond donors (Lipinski definition) is 1. The van der Waals surface area contributed by atoms with Crippen LogP contribution in [0.15, 0.2) is 0 Å². The van der Waals surface area contributed by atoms with Crippen LogP contribution in [0, 0.1) is 5.92 Å². The first-order valence-electron chi connectivity index (χ1n) is 7.49. The maximum absolute atomic E-state index is 12.7. The van der Waals surface area contributed by atoms with Gasteiger partial charge >= 0.3 is 0 Å². The molecule has 1 N–H and O–H groups in total. The van der Waals surface area contributed by atoms with E-state index >= 15 is 0 Å².